The summed E-state index contributed by atoms with van der Waals surface area (Å²) in [5, 5.41) is 17.8. The minimum absolute atomic E-state index is 0.213. The molecule has 0 saturated carbocycles. The number of carbonyl (C=O) groups is 1. The predicted octanol–water partition coefficient (Wildman–Crippen LogP) is 5.56. The van der Waals surface area contributed by atoms with Gasteiger partial charge in [-0.05, 0) is 55.7 Å². The van der Waals surface area contributed by atoms with Crippen molar-refractivity contribution in [2.75, 3.05) is 5.32 Å². The van der Waals surface area contributed by atoms with E-state index in [4.69, 9.17) is 5.10 Å². The van der Waals surface area contributed by atoms with Crippen LogP contribution in [0.15, 0.2) is 67.0 Å². The minimum atomic E-state index is -0.981. The molecule has 0 fully saturated rings. The normalized spacial score (nSPS) is 10.8. The van der Waals surface area contributed by atoms with E-state index in [0.717, 1.165) is 34.5 Å². The van der Waals surface area contributed by atoms with E-state index >= 15 is 0 Å². The second kappa shape index (κ2) is 8.44. The van der Waals surface area contributed by atoms with E-state index in [1.165, 1.54) is 5.56 Å². The van der Waals surface area contributed by atoms with Gasteiger partial charge in [-0.2, -0.15) is 5.10 Å². The van der Waals surface area contributed by atoms with Crippen LogP contribution in [0.4, 0.5) is 11.5 Å². The van der Waals surface area contributed by atoms with Crippen molar-refractivity contribution in [3.8, 4) is 16.9 Å². The van der Waals surface area contributed by atoms with Gasteiger partial charge in [-0.15, -0.1) is 0 Å². The fourth-order valence-electron chi connectivity index (χ4n) is 3.50. The number of hydrogen-bond donors (Lipinski definition) is 2. The maximum atomic E-state index is 11.8. The zero-order valence-electron chi connectivity index (χ0n) is 17.8. The fourth-order valence-corrected chi connectivity index (χ4v) is 3.50. The van der Waals surface area contributed by atoms with Crippen molar-refractivity contribution in [2.24, 2.45) is 0 Å². The van der Waals surface area contributed by atoms with Crippen molar-refractivity contribution in [3.63, 3.8) is 0 Å². The number of carboxylic acid groups (broad SMARTS) is 1. The van der Waals surface area contributed by atoms with Crippen LogP contribution in [-0.4, -0.2) is 25.8 Å². The molecule has 2 heterocycles. The molecule has 2 aromatic carbocycles. The number of nitrogens with one attached hydrogen (secondary N) is 1. The van der Waals surface area contributed by atoms with Gasteiger partial charge in [-0.1, -0.05) is 36.8 Å². The molecule has 31 heavy (non-hydrogen) atoms. The molecule has 0 spiro atoms. The summed E-state index contributed by atoms with van der Waals surface area (Å²) in [5.74, 6) is -0.315. The first-order valence-electron chi connectivity index (χ1n) is 10.2. The Hall–Kier alpha value is -3.93. The predicted molar refractivity (Wildman–Crippen MR) is 122 cm³/mol. The third-order valence-electron chi connectivity index (χ3n) is 5.25. The first-order chi connectivity index (χ1) is 15.0. The number of hydrogen-bond acceptors (Lipinski definition) is 4. The number of carboxylic acids is 1. The number of aromatic nitrogens is 3. The third-order valence-corrected chi connectivity index (χ3v) is 5.25. The highest BCUT2D eigenvalue weighted by Gasteiger charge is 2.17. The van der Waals surface area contributed by atoms with Gasteiger partial charge in [-0.25, -0.2) is 9.48 Å². The number of benzene rings is 2. The number of rotatable bonds is 6. The van der Waals surface area contributed by atoms with Crippen LogP contribution in [0.25, 0.3) is 16.9 Å². The topological polar surface area (TPSA) is 80.0 Å². The molecule has 0 saturated heterocycles. The molecule has 6 nitrogen and oxygen atoms in total. The lowest BCUT2D eigenvalue weighted by molar-refractivity contribution is 0.0698. The Morgan fingerprint density at radius 3 is 2.68 bits per heavy atom. The van der Waals surface area contributed by atoms with Crippen molar-refractivity contribution in [1.82, 2.24) is 14.8 Å². The Labute approximate surface area is 181 Å². The summed E-state index contributed by atoms with van der Waals surface area (Å²) in [4.78, 5) is 16.1. The minimum Gasteiger partial charge on any atom is -0.478 e. The van der Waals surface area contributed by atoms with E-state index in [9.17, 15) is 9.90 Å². The molecule has 0 aliphatic heterocycles. The van der Waals surface area contributed by atoms with Crippen LogP contribution >= 0.6 is 0 Å². The fraction of sp³-hybridized carbons (Fsp3) is 0.160. The van der Waals surface area contributed by atoms with Gasteiger partial charge in [-0.3, -0.25) is 4.98 Å². The van der Waals surface area contributed by atoms with Crippen LogP contribution in [-0.2, 0) is 6.42 Å². The van der Waals surface area contributed by atoms with Gasteiger partial charge in [0.15, 0.2) is 0 Å². The Balaban J connectivity index is 1.86. The Bertz CT molecular complexity index is 1260. The molecule has 2 aromatic heterocycles. The van der Waals surface area contributed by atoms with Gasteiger partial charge in [0.05, 0.1) is 28.8 Å². The summed E-state index contributed by atoms with van der Waals surface area (Å²) in [6.45, 7) is 5.99. The average molecular weight is 412 g/mol. The number of pyridine rings is 1. The lowest BCUT2D eigenvalue weighted by Gasteiger charge is -2.13. The number of aryl methyl sites for hydroxylation is 3. The molecule has 6 heteroatoms. The molecule has 0 aliphatic rings. The molecular formula is C25H24N4O2. The van der Waals surface area contributed by atoms with Gasteiger partial charge in [0, 0.05) is 17.8 Å². The molecule has 0 bridgehead atoms. The Kier molecular flexibility index (Phi) is 5.54. The van der Waals surface area contributed by atoms with Crippen molar-refractivity contribution in [1.29, 1.82) is 0 Å². The van der Waals surface area contributed by atoms with Gasteiger partial charge in [0.1, 0.15) is 5.82 Å². The zero-order valence-corrected chi connectivity index (χ0v) is 17.8. The van der Waals surface area contributed by atoms with E-state index in [0.29, 0.717) is 11.5 Å². The van der Waals surface area contributed by atoms with Crippen LogP contribution < -0.4 is 5.32 Å². The Morgan fingerprint density at radius 2 is 1.94 bits per heavy atom. The molecule has 0 unspecified atom stereocenters. The molecule has 2 N–H and O–H groups in total. The average Bonchev–Trinajstić information content (AvgIpc) is 3.19. The lowest BCUT2D eigenvalue weighted by atomic mass is 10.1. The third kappa shape index (κ3) is 4.19. The molecule has 0 radical (unpaired) electrons. The standard InChI is InChI=1S/C25H24N4O2/c1-4-18-6-5-7-19(13-18)22-14-24(29(28-22)23-15-26-11-10-17(23)3)27-21-9-8-16(2)12-20(21)25(30)31/h5-15,27H,4H2,1-3H3,(H,30,31). The highest BCUT2D eigenvalue weighted by Crippen LogP contribution is 2.30. The quantitative estimate of drug-likeness (QED) is 0.434. The summed E-state index contributed by atoms with van der Waals surface area (Å²) in [7, 11) is 0. The van der Waals surface area contributed by atoms with E-state index in [1.807, 2.05) is 44.2 Å². The highest BCUT2D eigenvalue weighted by molar-refractivity contribution is 5.95. The van der Waals surface area contributed by atoms with Crippen molar-refractivity contribution in [3.05, 3.63) is 89.2 Å². The van der Waals surface area contributed by atoms with E-state index < -0.39 is 5.97 Å². The molecule has 4 aromatic rings. The van der Waals surface area contributed by atoms with E-state index in [2.05, 4.69) is 29.4 Å². The van der Waals surface area contributed by atoms with Crippen LogP contribution in [0, 0.1) is 13.8 Å². The van der Waals surface area contributed by atoms with Gasteiger partial charge in [0.2, 0.25) is 0 Å². The van der Waals surface area contributed by atoms with Crippen LogP contribution in [0.2, 0.25) is 0 Å². The highest BCUT2D eigenvalue weighted by atomic mass is 16.4. The smallest absolute Gasteiger partial charge is 0.337 e. The number of nitrogens with zero attached hydrogens (tertiary/aromatic N) is 3. The second-order valence-corrected chi connectivity index (χ2v) is 7.52. The van der Waals surface area contributed by atoms with Gasteiger partial charge < -0.3 is 10.4 Å². The molecule has 4 rings (SSSR count). The SMILES string of the molecule is CCc1cccc(-c2cc(Nc3ccc(C)cc3C(=O)O)n(-c3cnccc3C)n2)c1. The molecular weight excluding hydrogens is 388 g/mol. The van der Waals surface area contributed by atoms with Crippen molar-refractivity contribution < 1.29 is 9.90 Å². The summed E-state index contributed by atoms with van der Waals surface area (Å²) >= 11 is 0. The molecule has 156 valence electrons. The summed E-state index contributed by atoms with van der Waals surface area (Å²) in [6, 6.07) is 17.5. The van der Waals surface area contributed by atoms with E-state index in [1.54, 1.807) is 29.2 Å². The van der Waals surface area contributed by atoms with Crippen LogP contribution in [0.3, 0.4) is 0 Å². The molecule has 0 aliphatic carbocycles. The Morgan fingerprint density at radius 1 is 1.10 bits per heavy atom. The second-order valence-electron chi connectivity index (χ2n) is 7.52. The van der Waals surface area contributed by atoms with Crippen molar-refractivity contribution >= 4 is 17.5 Å². The number of anilines is 2. The number of aromatic carboxylic acids is 1. The molecule has 0 amide bonds. The maximum absolute atomic E-state index is 11.8. The van der Waals surface area contributed by atoms with E-state index in [-0.39, 0.29) is 5.56 Å². The molecule has 0 atom stereocenters. The maximum Gasteiger partial charge on any atom is 0.337 e. The monoisotopic (exact) mass is 412 g/mol. The largest absolute Gasteiger partial charge is 0.478 e. The summed E-state index contributed by atoms with van der Waals surface area (Å²) in [6.07, 6.45) is 4.43. The summed E-state index contributed by atoms with van der Waals surface area (Å²) in [5.41, 5.74) is 6.47. The zero-order chi connectivity index (χ0) is 22.0. The van der Waals surface area contributed by atoms with Crippen molar-refractivity contribution in [2.45, 2.75) is 27.2 Å². The lowest BCUT2D eigenvalue weighted by Crippen LogP contribution is -2.08. The van der Waals surface area contributed by atoms with Crippen LogP contribution in [0.5, 0.6) is 0 Å². The first kappa shape index (κ1) is 20.3. The summed E-state index contributed by atoms with van der Waals surface area (Å²) < 4.78 is 1.78. The van der Waals surface area contributed by atoms with Gasteiger partial charge >= 0.3 is 5.97 Å². The van der Waals surface area contributed by atoms with Gasteiger partial charge in [0.25, 0.3) is 0 Å². The first-order valence-corrected chi connectivity index (χ1v) is 10.2. The van der Waals surface area contributed by atoms with Crippen LogP contribution in [0.1, 0.15) is 34.0 Å².